The standard InChI is InChI=1S/C20H22N2O2S/c1-14-11-15(2)13-16(12-14)21-25(23,24)20-10-6-7-17-18(20)8-5-9-19(17)22(3)4/h5-13,21H,1-4H3. The van der Waals surface area contributed by atoms with Gasteiger partial charge in [-0.3, -0.25) is 4.72 Å². The first-order chi connectivity index (χ1) is 11.8. The maximum absolute atomic E-state index is 13.0. The second-order valence-electron chi connectivity index (χ2n) is 6.50. The molecule has 3 aromatic carbocycles. The Morgan fingerprint density at radius 2 is 1.44 bits per heavy atom. The molecule has 0 saturated heterocycles. The van der Waals surface area contributed by atoms with Gasteiger partial charge in [-0.2, -0.15) is 0 Å². The second kappa shape index (κ2) is 6.41. The highest BCUT2D eigenvalue weighted by Gasteiger charge is 2.19. The summed E-state index contributed by atoms with van der Waals surface area (Å²) in [6.45, 7) is 3.90. The molecular formula is C20H22N2O2S. The van der Waals surface area contributed by atoms with E-state index in [0.29, 0.717) is 11.1 Å². The largest absolute Gasteiger partial charge is 0.377 e. The highest BCUT2D eigenvalue weighted by molar-refractivity contribution is 7.93. The van der Waals surface area contributed by atoms with Gasteiger partial charge in [-0.25, -0.2) is 8.42 Å². The fraction of sp³-hybridized carbons (Fsp3) is 0.200. The summed E-state index contributed by atoms with van der Waals surface area (Å²) in [4.78, 5) is 2.27. The van der Waals surface area contributed by atoms with Crippen molar-refractivity contribution in [2.24, 2.45) is 0 Å². The average molecular weight is 354 g/mol. The first kappa shape index (κ1) is 17.3. The number of benzene rings is 3. The van der Waals surface area contributed by atoms with E-state index in [1.165, 1.54) is 0 Å². The molecule has 0 atom stereocenters. The van der Waals surface area contributed by atoms with E-state index in [9.17, 15) is 8.42 Å². The van der Waals surface area contributed by atoms with Crippen LogP contribution in [0.3, 0.4) is 0 Å². The molecule has 25 heavy (non-hydrogen) atoms. The van der Waals surface area contributed by atoms with Crippen molar-refractivity contribution in [1.82, 2.24) is 0 Å². The first-order valence-corrected chi connectivity index (χ1v) is 9.56. The average Bonchev–Trinajstić information content (AvgIpc) is 2.52. The van der Waals surface area contributed by atoms with Gasteiger partial charge in [-0.15, -0.1) is 0 Å². The topological polar surface area (TPSA) is 49.4 Å². The minimum absolute atomic E-state index is 0.285. The van der Waals surface area contributed by atoms with Crippen molar-refractivity contribution in [3.8, 4) is 0 Å². The van der Waals surface area contributed by atoms with Crippen molar-refractivity contribution in [3.05, 3.63) is 65.7 Å². The van der Waals surface area contributed by atoms with Crippen LogP contribution in [0, 0.1) is 13.8 Å². The fourth-order valence-corrected chi connectivity index (χ4v) is 4.40. The van der Waals surface area contributed by atoms with Crippen LogP contribution < -0.4 is 9.62 Å². The fourth-order valence-electron chi connectivity index (χ4n) is 3.13. The number of rotatable bonds is 4. The van der Waals surface area contributed by atoms with Crippen molar-refractivity contribution in [3.63, 3.8) is 0 Å². The van der Waals surface area contributed by atoms with Crippen LogP contribution in [0.4, 0.5) is 11.4 Å². The molecule has 0 aliphatic carbocycles. The van der Waals surface area contributed by atoms with Crippen molar-refractivity contribution >= 4 is 32.2 Å². The van der Waals surface area contributed by atoms with E-state index in [-0.39, 0.29) is 4.90 Å². The van der Waals surface area contributed by atoms with Crippen molar-refractivity contribution in [1.29, 1.82) is 0 Å². The van der Waals surface area contributed by atoms with Gasteiger partial charge in [0, 0.05) is 36.2 Å². The number of fused-ring (bicyclic) bond motifs is 1. The van der Waals surface area contributed by atoms with Crippen LogP contribution in [0.1, 0.15) is 11.1 Å². The smallest absolute Gasteiger partial charge is 0.262 e. The molecule has 0 bridgehead atoms. The molecule has 0 spiro atoms. The molecule has 0 unspecified atom stereocenters. The number of hydrogen-bond acceptors (Lipinski definition) is 3. The second-order valence-corrected chi connectivity index (χ2v) is 8.16. The van der Waals surface area contributed by atoms with Crippen LogP contribution in [0.5, 0.6) is 0 Å². The van der Waals surface area contributed by atoms with Crippen LogP contribution in [-0.4, -0.2) is 22.5 Å². The Balaban J connectivity index is 2.13. The van der Waals surface area contributed by atoms with Gasteiger partial charge in [-0.05, 0) is 49.2 Å². The number of nitrogens with zero attached hydrogens (tertiary/aromatic N) is 1. The minimum Gasteiger partial charge on any atom is -0.377 e. The Morgan fingerprint density at radius 3 is 2.08 bits per heavy atom. The maximum Gasteiger partial charge on any atom is 0.262 e. The Labute approximate surface area is 149 Å². The lowest BCUT2D eigenvalue weighted by Crippen LogP contribution is -2.14. The molecule has 0 saturated carbocycles. The summed E-state index contributed by atoms with van der Waals surface area (Å²) in [6.07, 6.45) is 0. The molecule has 1 N–H and O–H groups in total. The number of aryl methyl sites for hydroxylation is 2. The lowest BCUT2D eigenvalue weighted by Gasteiger charge is -2.17. The predicted octanol–water partition coefficient (Wildman–Crippen LogP) is 4.32. The molecule has 0 amide bonds. The Kier molecular flexibility index (Phi) is 4.43. The number of nitrogens with one attached hydrogen (secondary N) is 1. The van der Waals surface area contributed by atoms with Crippen molar-refractivity contribution in [2.75, 3.05) is 23.7 Å². The third kappa shape index (κ3) is 3.46. The lowest BCUT2D eigenvalue weighted by molar-refractivity contribution is 0.602. The van der Waals surface area contributed by atoms with Crippen LogP contribution in [0.2, 0.25) is 0 Å². The van der Waals surface area contributed by atoms with E-state index >= 15 is 0 Å². The van der Waals surface area contributed by atoms with Crippen molar-refractivity contribution < 1.29 is 8.42 Å². The van der Waals surface area contributed by atoms with Gasteiger partial charge in [0.25, 0.3) is 10.0 Å². The van der Waals surface area contributed by atoms with Gasteiger partial charge in [0.05, 0.1) is 4.90 Å². The molecule has 0 aromatic heterocycles. The molecule has 0 radical (unpaired) electrons. The van der Waals surface area contributed by atoms with Gasteiger partial charge in [0.1, 0.15) is 0 Å². The summed E-state index contributed by atoms with van der Waals surface area (Å²) in [5.41, 5.74) is 3.61. The number of anilines is 2. The predicted molar refractivity (Wildman–Crippen MR) is 105 cm³/mol. The zero-order valence-electron chi connectivity index (χ0n) is 14.9. The maximum atomic E-state index is 13.0. The van der Waals surface area contributed by atoms with E-state index in [2.05, 4.69) is 4.72 Å². The molecule has 0 aliphatic rings. The summed E-state index contributed by atoms with van der Waals surface area (Å²) < 4.78 is 28.7. The molecule has 0 heterocycles. The number of hydrogen-bond donors (Lipinski definition) is 1. The molecule has 4 nitrogen and oxygen atoms in total. The first-order valence-electron chi connectivity index (χ1n) is 8.08. The van der Waals surface area contributed by atoms with E-state index in [1.807, 2.05) is 75.3 Å². The van der Waals surface area contributed by atoms with E-state index < -0.39 is 10.0 Å². The van der Waals surface area contributed by atoms with Crippen LogP contribution in [-0.2, 0) is 10.0 Å². The summed E-state index contributed by atoms with van der Waals surface area (Å²) in [5.74, 6) is 0. The lowest BCUT2D eigenvalue weighted by atomic mass is 10.1. The highest BCUT2D eigenvalue weighted by Crippen LogP contribution is 2.31. The summed E-state index contributed by atoms with van der Waals surface area (Å²) in [6, 6.07) is 16.8. The van der Waals surface area contributed by atoms with Crippen LogP contribution >= 0.6 is 0 Å². The normalized spacial score (nSPS) is 11.5. The summed E-state index contributed by atoms with van der Waals surface area (Å²) in [7, 11) is 0.212. The Bertz CT molecular complexity index is 1020. The molecule has 130 valence electrons. The zero-order valence-corrected chi connectivity index (χ0v) is 15.7. The van der Waals surface area contributed by atoms with Gasteiger partial charge in [0.15, 0.2) is 0 Å². The third-order valence-corrected chi connectivity index (χ3v) is 5.54. The Hall–Kier alpha value is -2.53. The van der Waals surface area contributed by atoms with Gasteiger partial charge < -0.3 is 4.90 Å². The highest BCUT2D eigenvalue weighted by atomic mass is 32.2. The molecular weight excluding hydrogens is 332 g/mol. The Morgan fingerprint density at radius 1 is 0.840 bits per heavy atom. The van der Waals surface area contributed by atoms with Crippen molar-refractivity contribution in [2.45, 2.75) is 18.7 Å². The number of sulfonamides is 1. The summed E-state index contributed by atoms with van der Waals surface area (Å²) in [5, 5.41) is 1.63. The molecule has 5 heteroatoms. The third-order valence-electron chi connectivity index (χ3n) is 4.10. The quantitative estimate of drug-likeness (QED) is 0.759. The molecule has 3 rings (SSSR count). The van der Waals surface area contributed by atoms with Gasteiger partial charge >= 0.3 is 0 Å². The monoisotopic (exact) mass is 354 g/mol. The zero-order chi connectivity index (χ0) is 18.2. The van der Waals surface area contributed by atoms with Gasteiger partial charge in [0.2, 0.25) is 0 Å². The molecule has 3 aromatic rings. The molecule has 0 aliphatic heterocycles. The SMILES string of the molecule is Cc1cc(C)cc(NS(=O)(=O)c2cccc3c(N(C)C)cccc23)c1. The van der Waals surface area contributed by atoms with E-state index in [1.54, 1.807) is 12.1 Å². The summed E-state index contributed by atoms with van der Waals surface area (Å²) >= 11 is 0. The minimum atomic E-state index is -3.68. The van der Waals surface area contributed by atoms with Crippen LogP contribution in [0.15, 0.2) is 59.5 Å². The van der Waals surface area contributed by atoms with E-state index in [4.69, 9.17) is 0 Å². The van der Waals surface area contributed by atoms with Gasteiger partial charge in [-0.1, -0.05) is 30.3 Å². The molecule has 0 fully saturated rings. The van der Waals surface area contributed by atoms with Crippen LogP contribution in [0.25, 0.3) is 10.8 Å². The van der Waals surface area contributed by atoms with E-state index in [0.717, 1.165) is 22.2 Å².